The Bertz CT molecular complexity index is 1650. The number of hydrogen-bond acceptors (Lipinski definition) is 9. The zero-order chi connectivity index (χ0) is 27.8. The Balaban J connectivity index is 1.56. The third-order valence-corrected chi connectivity index (χ3v) is 6.01. The number of benzene rings is 2. The van der Waals surface area contributed by atoms with Crippen LogP contribution in [0.15, 0.2) is 71.8 Å². The number of aromatic amines is 1. The molecule has 0 spiro atoms. The summed E-state index contributed by atoms with van der Waals surface area (Å²) in [6.07, 6.45) is 1.96. The van der Waals surface area contributed by atoms with Crippen LogP contribution in [0.4, 0.5) is 14.7 Å². The third-order valence-electron chi connectivity index (χ3n) is 6.01. The number of anilines is 1. The number of nitrogens with one attached hydrogen (secondary N) is 1. The van der Waals surface area contributed by atoms with Gasteiger partial charge in [0.1, 0.15) is 0 Å². The highest BCUT2D eigenvalue weighted by Crippen LogP contribution is 2.50. The number of ether oxygens (including phenoxy) is 3. The minimum Gasteiger partial charge on any atom is -0.456 e. The lowest BCUT2D eigenvalue weighted by Gasteiger charge is -2.28. The summed E-state index contributed by atoms with van der Waals surface area (Å²) >= 11 is 0. The lowest BCUT2D eigenvalue weighted by atomic mass is 9.95. The summed E-state index contributed by atoms with van der Waals surface area (Å²) in [6.45, 7) is -1.21. The van der Waals surface area contributed by atoms with Gasteiger partial charge in [-0.1, -0.05) is 42.3 Å². The van der Waals surface area contributed by atoms with Crippen LogP contribution in [-0.4, -0.2) is 55.7 Å². The number of carbonyl (C=O) groups is 2. The molecule has 39 heavy (non-hydrogen) atoms. The van der Waals surface area contributed by atoms with Gasteiger partial charge in [-0.3, -0.25) is 14.3 Å². The van der Waals surface area contributed by atoms with Crippen molar-refractivity contribution in [1.82, 2.24) is 19.5 Å². The highest BCUT2D eigenvalue weighted by Gasteiger charge is 2.70. The van der Waals surface area contributed by atoms with Gasteiger partial charge >= 0.3 is 11.9 Å². The third kappa shape index (κ3) is 4.47. The van der Waals surface area contributed by atoms with Gasteiger partial charge in [-0.2, -0.15) is 4.98 Å². The number of esters is 2. The number of nitrogens with two attached hydrogens (primary N) is 1. The van der Waals surface area contributed by atoms with E-state index < -0.39 is 48.0 Å². The number of carbonyl (C=O) groups excluding carboxylic acids is 2. The van der Waals surface area contributed by atoms with Gasteiger partial charge in [0.15, 0.2) is 24.0 Å². The van der Waals surface area contributed by atoms with Crippen molar-refractivity contribution in [3.8, 4) is 12.3 Å². The van der Waals surface area contributed by atoms with Crippen LogP contribution in [0.25, 0.3) is 11.2 Å². The van der Waals surface area contributed by atoms with E-state index in [0.29, 0.717) is 0 Å². The summed E-state index contributed by atoms with van der Waals surface area (Å²) in [7, 11) is 0. The molecule has 0 aliphatic carbocycles. The van der Waals surface area contributed by atoms with Crippen LogP contribution in [0.5, 0.6) is 0 Å². The van der Waals surface area contributed by atoms with Crippen LogP contribution in [0, 0.1) is 12.3 Å². The molecular weight excluding hydrogens is 516 g/mol. The number of halogens is 2. The Morgan fingerprint density at radius 2 is 1.72 bits per heavy atom. The van der Waals surface area contributed by atoms with E-state index in [1.807, 2.05) is 5.92 Å². The van der Waals surface area contributed by atoms with Crippen molar-refractivity contribution < 1.29 is 32.6 Å². The van der Waals surface area contributed by atoms with Crippen LogP contribution in [0.3, 0.4) is 0 Å². The first-order chi connectivity index (χ1) is 18.7. The number of hydrogen-bond donors (Lipinski definition) is 2. The molecule has 5 rings (SSSR count). The number of nitrogens with zero attached hydrogens (tertiary/aromatic N) is 3. The molecule has 1 aliphatic rings. The molecule has 11 nitrogen and oxygen atoms in total. The molecule has 0 radical (unpaired) electrons. The topological polar surface area (TPSA) is 151 Å². The van der Waals surface area contributed by atoms with Crippen LogP contribution in [0.1, 0.15) is 26.9 Å². The monoisotopic (exact) mass is 535 g/mol. The van der Waals surface area contributed by atoms with Gasteiger partial charge in [-0.15, -0.1) is 6.42 Å². The first kappa shape index (κ1) is 25.6. The summed E-state index contributed by atoms with van der Waals surface area (Å²) < 4.78 is 49.8. The van der Waals surface area contributed by atoms with Crippen molar-refractivity contribution in [3.05, 3.63) is 88.5 Å². The average molecular weight is 535 g/mol. The van der Waals surface area contributed by atoms with E-state index in [1.54, 1.807) is 24.3 Å². The van der Waals surface area contributed by atoms with Gasteiger partial charge in [0.25, 0.3) is 17.1 Å². The van der Waals surface area contributed by atoms with E-state index in [1.165, 1.54) is 36.4 Å². The van der Waals surface area contributed by atoms with Gasteiger partial charge in [-0.05, 0) is 24.3 Å². The second-order valence-electron chi connectivity index (χ2n) is 8.54. The van der Waals surface area contributed by atoms with Crippen LogP contribution < -0.4 is 11.3 Å². The number of aromatic nitrogens is 4. The van der Waals surface area contributed by atoms with E-state index in [0.717, 1.165) is 10.9 Å². The number of terminal acetylenes is 1. The zero-order valence-electron chi connectivity index (χ0n) is 19.9. The Hall–Kier alpha value is -5.09. The average Bonchev–Trinajstić information content (AvgIpc) is 3.46. The molecule has 0 unspecified atom stereocenters. The summed E-state index contributed by atoms with van der Waals surface area (Å²) in [4.78, 5) is 47.7. The molecule has 1 saturated heterocycles. The predicted molar refractivity (Wildman–Crippen MR) is 132 cm³/mol. The van der Waals surface area contributed by atoms with Gasteiger partial charge in [0, 0.05) is 0 Å². The van der Waals surface area contributed by atoms with Crippen molar-refractivity contribution >= 4 is 29.1 Å². The van der Waals surface area contributed by atoms with Gasteiger partial charge in [0.2, 0.25) is 12.1 Å². The molecule has 0 amide bonds. The molecular formula is C26H19F2N5O6. The first-order valence-electron chi connectivity index (χ1n) is 11.4. The fraction of sp³-hybridized carbons (Fsp3) is 0.192. The fourth-order valence-electron chi connectivity index (χ4n) is 4.15. The van der Waals surface area contributed by atoms with Crippen LogP contribution in [-0.2, 0) is 14.2 Å². The van der Waals surface area contributed by atoms with Gasteiger partial charge in [0.05, 0.1) is 17.5 Å². The maximum Gasteiger partial charge on any atom is 0.338 e. The number of rotatable bonds is 6. The van der Waals surface area contributed by atoms with Gasteiger partial charge in [-0.25, -0.2) is 23.4 Å². The molecule has 4 atom stereocenters. The van der Waals surface area contributed by atoms with Crippen molar-refractivity contribution in [2.75, 3.05) is 12.3 Å². The Labute approximate surface area is 218 Å². The van der Waals surface area contributed by atoms with E-state index in [9.17, 15) is 14.4 Å². The summed E-state index contributed by atoms with van der Waals surface area (Å²) in [5.41, 5.74) is 1.16. The molecule has 1 fully saturated rings. The molecule has 0 bridgehead atoms. The Morgan fingerprint density at radius 3 is 2.33 bits per heavy atom. The second-order valence-corrected chi connectivity index (χ2v) is 8.54. The maximum atomic E-state index is 16.7. The number of nitrogen functional groups attached to an aromatic ring is 1. The molecule has 4 aromatic rings. The highest BCUT2D eigenvalue weighted by atomic mass is 19.2. The van der Waals surface area contributed by atoms with Crippen molar-refractivity contribution in [1.29, 1.82) is 0 Å². The standard InChI is InChI=1S/C26H19F2N5O6/c1-2-25(27)22(38-21(36)16-11-7-4-8-12-16)26(28,13-37-20(35)15-9-5-3-6-10-15)39-23(25)33-14-30-17-18(33)31-24(29)32-19(17)34/h1,3-12,14,22-23H,13H2,(H3,29,31,32,34)/t22-,23+,25+,26+/m0/s1. The number of alkyl halides is 2. The van der Waals surface area contributed by atoms with Gasteiger partial charge < -0.3 is 19.9 Å². The molecule has 2 aromatic heterocycles. The van der Waals surface area contributed by atoms with E-state index in [2.05, 4.69) is 15.0 Å². The zero-order valence-corrected chi connectivity index (χ0v) is 19.9. The first-order valence-corrected chi connectivity index (χ1v) is 11.4. The highest BCUT2D eigenvalue weighted by molar-refractivity contribution is 5.90. The normalized spacial score (nSPS) is 24.2. The largest absolute Gasteiger partial charge is 0.456 e. The lowest BCUT2D eigenvalue weighted by molar-refractivity contribution is -0.207. The van der Waals surface area contributed by atoms with Crippen molar-refractivity contribution in [2.24, 2.45) is 0 Å². The van der Waals surface area contributed by atoms with E-state index in [-0.39, 0.29) is 28.2 Å². The molecule has 2 aromatic carbocycles. The smallest absolute Gasteiger partial charge is 0.338 e. The molecule has 198 valence electrons. The summed E-state index contributed by atoms with van der Waals surface area (Å²) in [5, 5.41) is 0. The van der Waals surface area contributed by atoms with E-state index >= 15 is 8.78 Å². The minimum atomic E-state index is -3.29. The number of fused-ring (bicyclic) bond motifs is 1. The molecule has 3 heterocycles. The summed E-state index contributed by atoms with van der Waals surface area (Å²) in [6, 6.07) is 15.0. The Kier molecular flexibility index (Phi) is 6.33. The van der Waals surface area contributed by atoms with Crippen molar-refractivity contribution in [2.45, 2.75) is 23.9 Å². The van der Waals surface area contributed by atoms with E-state index in [4.69, 9.17) is 26.4 Å². The predicted octanol–water partition coefficient (Wildman–Crippen LogP) is 2.32. The second kappa shape index (κ2) is 9.66. The Morgan fingerprint density at radius 1 is 1.10 bits per heavy atom. The number of imidazole rings is 1. The summed E-state index contributed by atoms with van der Waals surface area (Å²) in [5.74, 6) is -3.89. The minimum absolute atomic E-state index is 0.0296. The maximum absolute atomic E-state index is 16.7. The molecule has 13 heteroatoms. The number of H-pyrrole nitrogens is 1. The van der Waals surface area contributed by atoms with Crippen LogP contribution >= 0.6 is 0 Å². The molecule has 3 N–H and O–H groups in total. The quantitative estimate of drug-likeness (QED) is 0.280. The fourth-order valence-corrected chi connectivity index (χ4v) is 4.15. The lowest BCUT2D eigenvalue weighted by Crippen LogP contribution is -2.50. The van der Waals surface area contributed by atoms with Crippen LogP contribution in [0.2, 0.25) is 0 Å². The molecule has 1 aliphatic heterocycles. The molecule has 0 saturated carbocycles. The SMILES string of the molecule is C#C[C@]1(F)[C@H](n2cnc3c(=O)[nH]c(N)nc32)O[C@](F)(COC(=O)c2ccccc2)[C@H]1OC(=O)c1ccccc1. The van der Waals surface area contributed by atoms with Crippen molar-refractivity contribution in [3.63, 3.8) is 0 Å².